The minimum atomic E-state index is -0.351. The maximum Gasteiger partial charge on any atom is 0.411 e. The number of hydrogen-bond acceptors (Lipinski definition) is 2. The molecule has 3 nitrogen and oxygen atoms in total. The summed E-state index contributed by atoms with van der Waals surface area (Å²) in [5, 5.41) is 2.75. The lowest BCUT2D eigenvalue weighted by atomic mass is 10.0. The summed E-state index contributed by atoms with van der Waals surface area (Å²) in [5.41, 5.74) is 0.772. The third-order valence-electron chi connectivity index (χ3n) is 3.01. The number of rotatable bonds is 2. The van der Waals surface area contributed by atoms with Crippen molar-refractivity contribution in [3.8, 4) is 0 Å². The molecule has 3 heteroatoms. The van der Waals surface area contributed by atoms with Gasteiger partial charge in [0.05, 0.1) is 0 Å². The van der Waals surface area contributed by atoms with Gasteiger partial charge in [0.25, 0.3) is 0 Å². The molecule has 0 aliphatic heterocycles. The quantitative estimate of drug-likeness (QED) is 0.796. The average molecular weight is 245 g/mol. The summed E-state index contributed by atoms with van der Waals surface area (Å²) in [5.74, 6) is 0. The van der Waals surface area contributed by atoms with Crippen LogP contribution in [0.2, 0.25) is 0 Å². The van der Waals surface area contributed by atoms with Gasteiger partial charge in [-0.1, -0.05) is 30.4 Å². The second-order valence-electron chi connectivity index (χ2n) is 4.50. The van der Waals surface area contributed by atoms with Gasteiger partial charge >= 0.3 is 6.09 Å². The molecular formula is C15H19NO2. The van der Waals surface area contributed by atoms with Crippen molar-refractivity contribution in [1.82, 2.24) is 0 Å². The molecule has 0 saturated heterocycles. The minimum absolute atomic E-state index is 0.0404. The van der Waals surface area contributed by atoms with Crippen LogP contribution in [-0.4, -0.2) is 12.2 Å². The van der Waals surface area contributed by atoms with Crippen LogP contribution in [0.25, 0.3) is 0 Å². The van der Waals surface area contributed by atoms with Crippen molar-refractivity contribution in [1.29, 1.82) is 0 Å². The lowest BCUT2D eigenvalue weighted by Gasteiger charge is -2.18. The first-order valence-electron chi connectivity index (χ1n) is 6.52. The van der Waals surface area contributed by atoms with Crippen LogP contribution in [0.15, 0.2) is 42.5 Å². The molecule has 0 bridgehead atoms. The summed E-state index contributed by atoms with van der Waals surface area (Å²) >= 11 is 0. The summed E-state index contributed by atoms with van der Waals surface area (Å²) in [6.07, 6.45) is 9.09. The molecule has 1 aromatic carbocycles. The molecule has 1 aromatic rings. The van der Waals surface area contributed by atoms with Crippen LogP contribution in [0, 0.1) is 0 Å². The van der Waals surface area contributed by atoms with E-state index in [-0.39, 0.29) is 12.2 Å². The Morgan fingerprint density at radius 1 is 1.11 bits per heavy atom. The first-order chi connectivity index (χ1) is 8.84. The number of amides is 1. The normalized spacial score (nSPS) is 21.4. The third kappa shape index (κ3) is 4.24. The fraction of sp³-hybridized carbons (Fsp3) is 0.400. The number of benzene rings is 1. The van der Waals surface area contributed by atoms with Crippen LogP contribution in [0.4, 0.5) is 10.5 Å². The SMILES string of the molecule is O=C(Nc1ccccc1)OC1CC/C=C\CCC1. The third-order valence-corrected chi connectivity index (χ3v) is 3.01. The van der Waals surface area contributed by atoms with Gasteiger partial charge in [0, 0.05) is 5.69 Å². The summed E-state index contributed by atoms with van der Waals surface area (Å²) in [7, 11) is 0. The molecule has 0 radical (unpaired) electrons. The predicted octanol–water partition coefficient (Wildman–Crippen LogP) is 4.12. The molecular weight excluding hydrogens is 226 g/mol. The maximum atomic E-state index is 11.7. The highest BCUT2D eigenvalue weighted by molar-refractivity contribution is 5.84. The van der Waals surface area contributed by atoms with Crippen LogP contribution >= 0.6 is 0 Å². The topological polar surface area (TPSA) is 38.3 Å². The molecule has 1 aliphatic carbocycles. The zero-order chi connectivity index (χ0) is 12.6. The summed E-state index contributed by atoms with van der Waals surface area (Å²) in [6, 6.07) is 9.38. The van der Waals surface area contributed by atoms with Crippen molar-refractivity contribution in [3.63, 3.8) is 0 Å². The number of allylic oxidation sites excluding steroid dienone is 2. The summed E-state index contributed by atoms with van der Waals surface area (Å²) < 4.78 is 5.45. The van der Waals surface area contributed by atoms with E-state index in [9.17, 15) is 4.79 Å². The van der Waals surface area contributed by atoms with Crippen LogP contribution < -0.4 is 5.32 Å². The van der Waals surface area contributed by atoms with E-state index in [2.05, 4.69) is 17.5 Å². The van der Waals surface area contributed by atoms with Gasteiger partial charge < -0.3 is 4.74 Å². The molecule has 0 saturated carbocycles. The zero-order valence-corrected chi connectivity index (χ0v) is 10.5. The first kappa shape index (κ1) is 12.7. The number of anilines is 1. The Hall–Kier alpha value is -1.77. The van der Waals surface area contributed by atoms with Crippen LogP contribution in [0.3, 0.4) is 0 Å². The number of para-hydroxylation sites is 1. The van der Waals surface area contributed by atoms with Crippen molar-refractivity contribution in [2.75, 3.05) is 5.32 Å². The Morgan fingerprint density at radius 2 is 1.89 bits per heavy atom. The fourth-order valence-corrected chi connectivity index (χ4v) is 2.06. The fourth-order valence-electron chi connectivity index (χ4n) is 2.06. The number of hydrogen-bond donors (Lipinski definition) is 1. The molecule has 1 unspecified atom stereocenters. The van der Waals surface area contributed by atoms with Crippen molar-refractivity contribution in [2.45, 2.75) is 38.2 Å². The van der Waals surface area contributed by atoms with Crippen molar-refractivity contribution < 1.29 is 9.53 Å². The minimum Gasteiger partial charge on any atom is -0.446 e. The van der Waals surface area contributed by atoms with Gasteiger partial charge in [-0.05, 0) is 44.2 Å². The van der Waals surface area contributed by atoms with E-state index < -0.39 is 0 Å². The van der Waals surface area contributed by atoms with Gasteiger partial charge in [0.15, 0.2) is 0 Å². The Kier molecular flexibility index (Phi) is 4.82. The largest absolute Gasteiger partial charge is 0.446 e. The highest BCUT2D eigenvalue weighted by Gasteiger charge is 2.14. The van der Waals surface area contributed by atoms with Gasteiger partial charge in [-0.2, -0.15) is 0 Å². The Balaban J connectivity index is 1.81. The van der Waals surface area contributed by atoms with Gasteiger partial charge in [0.1, 0.15) is 6.10 Å². The van der Waals surface area contributed by atoms with E-state index in [0.29, 0.717) is 0 Å². The van der Waals surface area contributed by atoms with Crippen molar-refractivity contribution >= 4 is 11.8 Å². The van der Waals surface area contributed by atoms with E-state index in [1.165, 1.54) is 0 Å². The van der Waals surface area contributed by atoms with Crippen LogP contribution in [0.5, 0.6) is 0 Å². The zero-order valence-electron chi connectivity index (χ0n) is 10.5. The molecule has 96 valence electrons. The summed E-state index contributed by atoms with van der Waals surface area (Å²) in [4.78, 5) is 11.7. The lowest BCUT2D eigenvalue weighted by Crippen LogP contribution is -2.22. The molecule has 0 spiro atoms. The molecule has 1 atom stereocenters. The first-order valence-corrected chi connectivity index (χ1v) is 6.52. The Bertz CT molecular complexity index is 400. The number of carbonyl (C=O) groups is 1. The van der Waals surface area contributed by atoms with E-state index in [0.717, 1.165) is 37.8 Å². The number of ether oxygens (including phenoxy) is 1. The lowest BCUT2D eigenvalue weighted by molar-refractivity contribution is 0.0985. The van der Waals surface area contributed by atoms with Gasteiger partial charge in [0.2, 0.25) is 0 Å². The molecule has 2 rings (SSSR count). The monoisotopic (exact) mass is 245 g/mol. The Labute approximate surface area is 108 Å². The van der Waals surface area contributed by atoms with Gasteiger partial charge in [-0.15, -0.1) is 0 Å². The van der Waals surface area contributed by atoms with E-state index in [4.69, 9.17) is 4.74 Å². The van der Waals surface area contributed by atoms with Crippen molar-refractivity contribution in [2.24, 2.45) is 0 Å². The number of carbonyl (C=O) groups excluding carboxylic acids is 1. The molecule has 1 amide bonds. The van der Waals surface area contributed by atoms with Gasteiger partial charge in [-0.25, -0.2) is 4.79 Å². The second kappa shape index (κ2) is 6.84. The van der Waals surface area contributed by atoms with Gasteiger partial charge in [-0.3, -0.25) is 5.32 Å². The standard InChI is InChI=1S/C15H19NO2/c17-15(16-13-9-5-4-6-10-13)18-14-11-7-2-1-3-8-12-14/h1-2,4-6,9-10,14H,3,7-8,11-12H2,(H,16,17)/b2-1-. The summed E-state index contributed by atoms with van der Waals surface area (Å²) in [6.45, 7) is 0. The highest BCUT2D eigenvalue weighted by Crippen LogP contribution is 2.16. The Morgan fingerprint density at radius 3 is 2.72 bits per heavy atom. The molecule has 0 aromatic heterocycles. The molecule has 0 fully saturated rings. The van der Waals surface area contributed by atoms with Crippen molar-refractivity contribution in [3.05, 3.63) is 42.5 Å². The van der Waals surface area contributed by atoms with E-state index in [1.807, 2.05) is 30.3 Å². The molecule has 18 heavy (non-hydrogen) atoms. The van der Waals surface area contributed by atoms with E-state index in [1.54, 1.807) is 0 Å². The van der Waals surface area contributed by atoms with E-state index >= 15 is 0 Å². The van der Waals surface area contributed by atoms with Crippen LogP contribution in [0.1, 0.15) is 32.1 Å². The molecule has 1 aliphatic rings. The smallest absolute Gasteiger partial charge is 0.411 e. The van der Waals surface area contributed by atoms with Crippen LogP contribution in [-0.2, 0) is 4.74 Å². The maximum absolute atomic E-state index is 11.7. The predicted molar refractivity (Wildman–Crippen MR) is 72.6 cm³/mol. The number of nitrogens with one attached hydrogen (secondary N) is 1. The molecule has 1 N–H and O–H groups in total. The average Bonchev–Trinajstić information content (AvgIpc) is 2.34. The molecule has 0 heterocycles. The second-order valence-corrected chi connectivity index (χ2v) is 4.50. The highest BCUT2D eigenvalue weighted by atomic mass is 16.6.